The molecule has 0 fully saturated rings. The number of amides is 1. The highest BCUT2D eigenvalue weighted by Crippen LogP contribution is 2.21. The van der Waals surface area contributed by atoms with E-state index in [1.54, 1.807) is 7.11 Å². The summed E-state index contributed by atoms with van der Waals surface area (Å²) in [5.41, 5.74) is 2.76. The van der Waals surface area contributed by atoms with Crippen LogP contribution in [0.25, 0.3) is 10.9 Å². The van der Waals surface area contributed by atoms with Gasteiger partial charge in [-0.3, -0.25) is 4.79 Å². The molecule has 4 nitrogen and oxygen atoms in total. The third kappa shape index (κ3) is 3.77. The van der Waals surface area contributed by atoms with Gasteiger partial charge in [0.2, 0.25) is 0 Å². The van der Waals surface area contributed by atoms with E-state index in [9.17, 15) is 4.79 Å². The van der Waals surface area contributed by atoms with E-state index in [-0.39, 0.29) is 11.9 Å². The minimum atomic E-state index is -0.0780. The molecule has 0 radical (unpaired) electrons. The molecule has 0 unspecified atom stereocenters. The highest BCUT2D eigenvalue weighted by atomic mass is 16.5. The van der Waals surface area contributed by atoms with E-state index in [4.69, 9.17) is 4.74 Å². The maximum Gasteiger partial charge on any atom is 0.267 e. The van der Waals surface area contributed by atoms with Gasteiger partial charge in [-0.2, -0.15) is 0 Å². The number of ether oxygens (including phenoxy) is 1. The number of carbonyl (C=O) groups excluding carboxylic acids is 1. The molecule has 3 rings (SSSR count). The van der Waals surface area contributed by atoms with Gasteiger partial charge in [-0.25, -0.2) is 0 Å². The molecule has 0 bridgehead atoms. The minimum absolute atomic E-state index is 0.0780. The molecule has 2 N–H and O–H groups in total. The van der Waals surface area contributed by atoms with Gasteiger partial charge in [0.25, 0.3) is 5.91 Å². The van der Waals surface area contributed by atoms with Gasteiger partial charge in [0.05, 0.1) is 7.11 Å². The Labute approximate surface area is 141 Å². The molecule has 124 valence electrons. The summed E-state index contributed by atoms with van der Waals surface area (Å²) < 4.78 is 5.21. The van der Waals surface area contributed by atoms with E-state index in [1.165, 1.54) is 5.56 Å². The van der Waals surface area contributed by atoms with Crippen molar-refractivity contribution in [2.75, 3.05) is 7.11 Å². The summed E-state index contributed by atoms with van der Waals surface area (Å²) in [7, 11) is 1.63. The quantitative estimate of drug-likeness (QED) is 0.722. The summed E-state index contributed by atoms with van der Waals surface area (Å²) in [4.78, 5) is 15.6. The highest BCUT2D eigenvalue weighted by molar-refractivity contribution is 5.98. The first-order chi connectivity index (χ1) is 11.7. The predicted octanol–water partition coefficient (Wildman–Crippen LogP) is 3.93. The van der Waals surface area contributed by atoms with Crippen LogP contribution in [0.4, 0.5) is 0 Å². The number of hydrogen-bond donors (Lipinski definition) is 2. The average Bonchev–Trinajstić information content (AvgIpc) is 3.04. The highest BCUT2D eigenvalue weighted by Gasteiger charge is 2.13. The third-order valence-electron chi connectivity index (χ3n) is 4.16. The molecule has 3 aromatic rings. The van der Waals surface area contributed by atoms with E-state index in [0.717, 1.165) is 29.5 Å². The molecule has 4 heteroatoms. The molecular weight excluding hydrogens is 300 g/mol. The van der Waals surface area contributed by atoms with Crippen LogP contribution in [-0.2, 0) is 6.42 Å². The van der Waals surface area contributed by atoms with E-state index >= 15 is 0 Å². The van der Waals surface area contributed by atoms with Crippen LogP contribution in [0.3, 0.4) is 0 Å². The smallest absolute Gasteiger partial charge is 0.267 e. The third-order valence-corrected chi connectivity index (χ3v) is 4.16. The van der Waals surface area contributed by atoms with Crippen LogP contribution in [0, 0.1) is 0 Å². The monoisotopic (exact) mass is 322 g/mol. The van der Waals surface area contributed by atoms with Crippen LogP contribution in [0.1, 0.15) is 29.4 Å². The van der Waals surface area contributed by atoms with Crippen LogP contribution in [-0.4, -0.2) is 24.0 Å². The Morgan fingerprint density at radius 1 is 1.17 bits per heavy atom. The van der Waals surface area contributed by atoms with Crippen molar-refractivity contribution in [3.8, 4) is 5.75 Å². The van der Waals surface area contributed by atoms with Gasteiger partial charge in [-0.05, 0) is 43.5 Å². The first-order valence-electron chi connectivity index (χ1n) is 8.17. The zero-order chi connectivity index (χ0) is 16.9. The number of aryl methyl sites for hydroxylation is 1. The summed E-state index contributed by atoms with van der Waals surface area (Å²) >= 11 is 0. The van der Waals surface area contributed by atoms with Crippen molar-refractivity contribution in [3.05, 3.63) is 65.9 Å². The molecule has 0 saturated heterocycles. The molecule has 0 saturated carbocycles. The minimum Gasteiger partial charge on any atom is -0.497 e. The molecule has 0 aliphatic rings. The molecule has 2 aromatic carbocycles. The Hall–Kier alpha value is -2.75. The van der Waals surface area contributed by atoms with Gasteiger partial charge in [-0.15, -0.1) is 0 Å². The lowest BCUT2D eigenvalue weighted by atomic mass is 10.1. The second kappa shape index (κ2) is 7.21. The molecule has 24 heavy (non-hydrogen) atoms. The maximum atomic E-state index is 12.4. The number of benzene rings is 2. The summed E-state index contributed by atoms with van der Waals surface area (Å²) in [6, 6.07) is 18.0. The fourth-order valence-electron chi connectivity index (χ4n) is 2.76. The van der Waals surface area contributed by atoms with Crippen molar-refractivity contribution < 1.29 is 9.53 Å². The topological polar surface area (TPSA) is 54.1 Å². The van der Waals surface area contributed by atoms with Gasteiger partial charge < -0.3 is 15.0 Å². The lowest BCUT2D eigenvalue weighted by Crippen LogP contribution is -2.33. The van der Waals surface area contributed by atoms with Gasteiger partial charge >= 0.3 is 0 Å². The average molecular weight is 322 g/mol. The summed E-state index contributed by atoms with van der Waals surface area (Å²) in [5.74, 6) is 0.693. The fraction of sp³-hybridized carbons (Fsp3) is 0.250. The lowest BCUT2D eigenvalue weighted by molar-refractivity contribution is 0.0934. The SMILES string of the molecule is COc1ccc2cc(C(=O)N[C@@H](C)CCc3ccccc3)[nH]c2c1. The number of aromatic amines is 1. The van der Waals surface area contributed by atoms with Crippen molar-refractivity contribution in [1.29, 1.82) is 0 Å². The van der Waals surface area contributed by atoms with Crippen LogP contribution in [0.5, 0.6) is 5.75 Å². The van der Waals surface area contributed by atoms with Gasteiger partial charge in [0.1, 0.15) is 11.4 Å². The van der Waals surface area contributed by atoms with E-state index in [0.29, 0.717) is 5.69 Å². The van der Waals surface area contributed by atoms with Gasteiger partial charge in [0.15, 0.2) is 0 Å². The zero-order valence-electron chi connectivity index (χ0n) is 14.0. The van der Waals surface area contributed by atoms with E-state index in [1.807, 2.05) is 49.4 Å². The summed E-state index contributed by atoms with van der Waals surface area (Å²) in [6.45, 7) is 2.03. The summed E-state index contributed by atoms with van der Waals surface area (Å²) in [6.07, 6.45) is 1.86. The fourth-order valence-corrected chi connectivity index (χ4v) is 2.76. The lowest BCUT2D eigenvalue weighted by Gasteiger charge is -2.13. The molecule has 1 heterocycles. The standard InChI is InChI=1S/C20H22N2O2/c1-14(8-9-15-6-4-3-5-7-15)21-20(23)19-12-16-10-11-17(24-2)13-18(16)22-19/h3-7,10-14,22H,8-9H2,1-2H3,(H,21,23)/t14-/m0/s1. The number of carbonyl (C=O) groups is 1. The molecule has 1 aromatic heterocycles. The molecule has 1 atom stereocenters. The largest absolute Gasteiger partial charge is 0.497 e. The number of rotatable bonds is 6. The zero-order valence-corrected chi connectivity index (χ0v) is 14.0. The molecular formula is C20H22N2O2. The number of H-pyrrole nitrogens is 1. The van der Waals surface area contributed by atoms with Gasteiger partial charge in [-0.1, -0.05) is 30.3 Å². The second-order valence-corrected chi connectivity index (χ2v) is 6.03. The van der Waals surface area contributed by atoms with Crippen LogP contribution < -0.4 is 10.1 Å². The Kier molecular flexibility index (Phi) is 4.85. The maximum absolute atomic E-state index is 12.4. The Balaban J connectivity index is 1.61. The molecule has 0 spiro atoms. The normalized spacial score (nSPS) is 12.1. The number of nitrogens with one attached hydrogen (secondary N) is 2. The number of hydrogen-bond acceptors (Lipinski definition) is 2. The van der Waals surface area contributed by atoms with Crippen LogP contribution in [0.15, 0.2) is 54.6 Å². The second-order valence-electron chi connectivity index (χ2n) is 6.03. The molecule has 1 amide bonds. The van der Waals surface area contributed by atoms with E-state index < -0.39 is 0 Å². The van der Waals surface area contributed by atoms with Crippen molar-refractivity contribution >= 4 is 16.8 Å². The molecule has 0 aliphatic heterocycles. The summed E-state index contributed by atoms with van der Waals surface area (Å²) in [5, 5.41) is 4.05. The predicted molar refractivity (Wildman–Crippen MR) is 96.5 cm³/mol. The van der Waals surface area contributed by atoms with Crippen molar-refractivity contribution in [1.82, 2.24) is 10.3 Å². The molecule has 0 aliphatic carbocycles. The van der Waals surface area contributed by atoms with Crippen LogP contribution in [0.2, 0.25) is 0 Å². The van der Waals surface area contributed by atoms with Crippen molar-refractivity contribution in [2.24, 2.45) is 0 Å². The number of methoxy groups -OCH3 is 1. The number of aromatic nitrogens is 1. The number of fused-ring (bicyclic) bond motifs is 1. The van der Waals surface area contributed by atoms with E-state index in [2.05, 4.69) is 22.4 Å². The van der Waals surface area contributed by atoms with Crippen molar-refractivity contribution in [3.63, 3.8) is 0 Å². The first-order valence-corrected chi connectivity index (χ1v) is 8.17. The Bertz CT molecular complexity index is 824. The van der Waals surface area contributed by atoms with Gasteiger partial charge in [0, 0.05) is 23.0 Å². The van der Waals surface area contributed by atoms with Crippen LogP contribution >= 0.6 is 0 Å². The first kappa shape index (κ1) is 16.1. The van der Waals surface area contributed by atoms with Crippen molar-refractivity contribution in [2.45, 2.75) is 25.8 Å². The Morgan fingerprint density at radius 3 is 2.71 bits per heavy atom. The Morgan fingerprint density at radius 2 is 1.96 bits per heavy atom.